The van der Waals surface area contributed by atoms with Gasteiger partial charge in [0.25, 0.3) is 0 Å². The van der Waals surface area contributed by atoms with Crippen LogP contribution in [0, 0.1) is 13.8 Å². The summed E-state index contributed by atoms with van der Waals surface area (Å²) >= 11 is 0. The third kappa shape index (κ3) is 6.10. The van der Waals surface area contributed by atoms with Crippen LogP contribution in [-0.4, -0.2) is 28.7 Å². The first-order valence-corrected chi connectivity index (χ1v) is 8.29. The van der Waals surface area contributed by atoms with Gasteiger partial charge in [-0.25, -0.2) is 0 Å². The maximum absolute atomic E-state index is 6.08. The van der Waals surface area contributed by atoms with Crippen LogP contribution in [0.2, 0.25) is 0 Å². The number of nitrogens with one attached hydrogen (secondary N) is 2. The molecule has 1 aromatic heterocycles. The van der Waals surface area contributed by atoms with E-state index in [1.54, 1.807) is 14.0 Å². The monoisotopic (exact) mass is 345 g/mol. The Morgan fingerprint density at radius 2 is 1.92 bits per heavy atom. The molecule has 0 spiro atoms. The molecule has 7 heteroatoms. The minimum atomic E-state index is -0.251. The van der Waals surface area contributed by atoms with Crippen molar-refractivity contribution in [2.45, 2.75) is 53.3 Å². The van der Waals surface area contributed by atoms with Crippen molar-refractivity contribution in [2.75, 3.05) is 7.05 Å². The molecule has 0 saturated carbocycles. The number of ether oxygens (including phenoxy) is 1. The Hall–Kier alpha value is -2.57. The summed E-state index contributed by atoms with van der Waals surface area (Å²) in [5.41, 5.74) is 1.98. The van der Waals surface area contributed by atoms with Crippen LogP contribution in [0.5, 0.6) is 5.75 Å². The van der Waals surface area contributed by atoms with Gasteiger partial charge in [0.2, 0.25) is 5.89 Å². The van der Waals surface area contributed by atoms with Gasteiger partial charge in [-0.2, -0.15) is 4.98 Å². The maximum Gasteiger partial charge on any atom is 0.223 e. The van der Waals surface area contributed by atoms with Crippen LogP contribution in [0.15, 0.2) is 27.7 Å². The maximum atomic E-state index is 6.08. The van der Waals surface area contributed by atoms with Gasteiger partial charge in [0.05, 0.1) is 6.54 Å². The zero-order chi connectivity index (χ0) is 18.4. The Morgan fingerprint density at radius 1 is 1.20 bits per heavy atom. The Morgan fingerprint density at radius 3 is 2.52 bits per heavy atom. The van der Waals surface area contributed by atoms with Crippen molar-refractivity contribution in [3.05, 3.63) is 41.0 Å². The third-order valence-corrected chi connectivity index (χ3v) is 3.29. The molecule has 0 aliphatic rings. The second kappa shape index (κ2) is 8.00. The fraction of sp³-hybridized carbons (Fsp3) is 0.500. The highest BCUT2D eigenvalue weighted by molar-refractivity contribution is 5.79. The number of rotatable bonds is 5. The van der Waals surface area contributed by atoms with Crippen molar-refractivity contribution in [1.29, 1.82) is 0 Å². The lowest BCUT2D eigenvalue weighted by atomic mass is 10.1. The summed E-state index contributed by atoms with van der Waals surface area (Å²) in [6, 6.07) is 6.20. The Labute approximate surface area is 148 Å². The fourth-order valence-electron chi connectivity index (χ4n) is 2.21. The van der Waals surface area contributed by atoms with E-state index < -0.39 is 0 Å². The minimum absolute atomic E-state index is 0.251. The third-order valence-electron chi connectivity index (χ3n) is 3.29. The van der Waals surface area contributed by atoms with Crippen molar-refractivity contribution < 1.29 is 9.26 Å². The van der Waals surface area contributed by atoms with Crippen LogP contribution in [0.4, 0.5) is 0 Å². The quantitative estimate of drug-likeness (QED) is 0.640. The number of aromatic nitrogens is 2. The summed E-state index contributed by atoms with van der Waals surface area (Å²) in [7, 11) is 1.72. The molecule has 2 aromatic rings. The van der Waals surface area contributed by atoms with E-state index >= 15 is 0 Å². The Balaban J connectivity index is 1.98. The van der Waals surface area contributed by atoms with Crippen molar-refractivity contribution in [2.24, 2.45) is 4.99 Å². The molecule has 0 aliphatic carbocycles. The molecule has 7 nitrogen and oxygen atoms in total. The van der Waals surface area contributed by atoms with Gasteiger partial charge in [-0.3, -0.25) is 4.99 Å². The lowest BCUT2D eigenvalue weighted by Crippen LogP contribution is -2.36. The number of aliphatic imine (C=N–C) groups is 1. The molecule has 0 saturated heterocycles. The SMILES string of the molecule is CN=C(NCc1noc(C)n1)NCc1ccc(C)cc1OC(C)(C)C. The fourth-order valence-corrected chi connectivity index (χ4v) is 2.21. The largest absolute Gasteiger partial charge is 0.488 e. The van der Waals surface area contributed by atoms with Gasteiger partial charge in [0, 0.05) is 26.1 Å². The van der Waals surface area contributed by atoms with Crippen LogP contribution in [-0.2, 0) is 13.1 Å². The predicted octanol–water partition coefficient (Wildman–Crippen LogP) is 2.73. The number of benzene rings is 1. The van der Waals surface area contributed by atoms with Gasteiger partial charge in [-0.1, -0.05) is 17.3 Å². The number of aryl methyl sites for hydroxylation is 2. The zero-order valence-corrected chi connectivity index (χ0v) is 15.8. The molecule has 0 amide bonds. The van der Waals surface area contributed by atoms with E-state index in [9.17, 15) is 0 Å². The normalized spacial score (nSPS) is 12.2. The molecule has 2 N–H and O–H groups in total. The molecular formula is C18H27N5O2. The first-order chi connectivity index (χ1) is 11.8. The summed E-state index contributed by atoms with van der Waals surface area (Å²) in [5, 5.41) is 10.3. The molecule has 2 rings (SSSR count). The standard InChI is InChI=1S/C18H27N5O2/c1-12-7-8-14(15(9-12)24-18(3,4)5)10-20-17(19-6)21-11-16-22-13(2)25-23-16/h7-9H,10-11H2,1-6H3,(H2,19,20,21). The average Bonchev–Trinajstić information content (AvgIpc) is 2.93. The van der Waals surface area contributed by atoms with E-state index in [4.69, 9.17) is 9.26 Å². The molecule has 0 aliphatic heterocycles. The highest BCUT2D eigenvalue weighted by atomic mass is 16.5. The van der Waals surface area contributed by atoms with Crippen molar-refractivity contribution in [3.8, 4) is 5.75 Å². The zero-order valence-electron chi connectivity index (χ0n) is 15.8. The Kier molecular flexibility index (Phi) is 6.01. The van der Waals surface area contributed by atoms with Gasteiger partial charge in [-0.05, 0) is 39.3 Å². The predicted molar refractivity (Wildman–Crippen MR) is 97.6 cm³/mol. The van der Waals surface area contributed by atoms with Gasteiger partial charge in [-0.15, -0.1) is 0 Å². The number of hydrogen-bond donors (Lipinski definition) is 2. The van der Waals surface area contributed by atoms with Crippen molar-refractivity contribution in [1.82, 2.24) is 20.8 Å². The van der Waals surface area contributed by atoms with Crippen LogP contribution in [0.3, 0.4) is 0 Å². The van der Waals surface area contributed by atoms with Gasteiger partial charge >= 0.3 is 0 Å². The number of guanidine groups is 1. The number of hydrogen-bond acceptors (Lipinski definition) is 5. The molecule has 0 unspecified atom stereocenters. The van der Waals surface area contributed by atoms with Gasteiger partial charge in [0.1, 0.15) is 11.4 Å². The summed E-state index contributed by atoms with van der Waals surface area (Å²) in [4.78, 5) is 8.37. The van der Waals surface area contributed by atoms with E-state index in [0.717, 1.165) is 16.9 Å². The van der Waals surface area contributed by atoms with Crippen LogP contribution in [0.25, 0.3) is 0 Å². The molecule has 1 heterocycles. The van der Waals surface area contributed by atoms with E-state index in [1.165, 1.54) is 0 Å². The second-order valence-corrected chi connectivity index (χ2v) is 6.83. The topological polar surface area (TPSA) is 84.6 Å². The van der Waals surface area contributed by atoms with Crippen molar-refractivity contribution in [3.63, 3.8) is 0 Å². The molecule has 0 atom stereocenters. The highest BCUT2D eigenvalue weighted by Crippen LogP contribution is 2.24. The lowest BCUT2D eigenvalue weighted by Gasteiger charge is -2.24. The summed E-state index contributed by atoms with van der Waals surface area (Å²) in [5.74, 6) is 2.67. The van der Waals surface area contributed by atoms with E-state index in [0.29, 0.717) is 30.8 Å². The Bertz CT molecular complexity index is 731. The molecule has 0 bridgehead atoms. The van der Waals surface area contributed by atoms with Crippen LogP contribution < -0.4 is 15.4 Å². The van der Waals surface area contributed by atoms with E-state index in [1.807, 2.05) is 20.8 Å². The van der Waals surface area contributed by atoms with Crippen molar-refractivity contribution >= 4 is 5.96 Å². The molecule has 0 fully saturated rings. The van der Waals surface area contributed by atoms with Crippen LogP contribution in [0.1, 0.15) is 43.6 Å². The van der Waals surface area contributed by atoms with E-state index in [-0.39, 0.29) is 5.60 Å². The molecule has 136 valence electrons. The average molecular weight is 345 g/mol. The minimum Gasteiger partial charge on any atom is -0.488 e. The van der Waals surface area contributed by atoms with Gasteiger partial charge in [0.15, 0.2) is 11.8 Å². The summed E-state index contributed by atoms with van der Waals surface area (Å²) in [6.07, 6.45) is 0. The first-order valence-electron chi connectivity index (χ1n) is 8.29. The smallest absolute Gasteiger partial charge is 0.223 e. The molecule has 25 heavy (non-hydrogen) atoms. The van der Waals surface area contributed by atoms with Crippen LogP contribution >= 0.6 is 0 Å². The summed E-state index contributed by atoms with van der Waals surface area (Å²) in [6.45, 7) is 11.0. The highest BCUT2D eigenvalue weighted by Gasteiger charge is 2.15. The molecule has 0 radical (unpaired) electrons. The summed E-state index contributed by atoms with van der Waals surface area (Å²) < 4.78 is 11.0. The number of nitrogens with zero attached hydrogens (tertiary/aromatic N) is 3. The first kappa shape index (κ1) is 18.8. The molecule has 1 aromatic carbocycles. The van der Waals surface area contributed by atoms with E-state index in [2.05, 4.69) is 50.9 Å². The second-order valence-electron chi connectivity index (χ2n) is 6.83. The molecular weight excluding hydrogens is 318 g/mol. The lowest BCUT2D eigenvalue weighted by molar-refractivity contribution is 0.129. The van der Waals surface area contributed by atoms with Gasteiger partial charge < -0.3 is 19.9 Å².